The molecule has 5 heteroatoms. The number of amides is 1. The monoisotopic (exact) mass is 518 g/mol. The number of benzene rings is 3. The van der Waals surface area contributed by atoms with Crippen molar-refractivity contribution in [2.24, 2.45) is 0 Å². The molecular formula is C32H39ClN2O2. The van der Waals surface area contributed by atoms with Crippen molar-refractivity contribution in [1.82, 2.24) is 4.90 Å². The topological polar surface area (TPSA) is 43.8 Å². The molecule has 1 atom stereocenters. The lowest BCUT2D eigenvalue weighted by molar-refractivity contribution is -0.122. The van der Waals surface area contributed by atoms with Crippen LogP contribution in [0, 0.1) is 0 Å². The Kier molecular flexibility index (Phi) is 9.42. The van der Waals surface area contributed by atoms with Crippen molar-refractivity contribution in [3.8, 4) is 0 Å². The number of rotatable bonds is 10. The number of unbranched alkanes of at least 4 members (excludes halogenated alkanes) is 2. The fourth-order valence-corrected chi connectivity index (χ4v) is 6.23. The molecule has 1 fully saturated rings. The van der Waals surface area contributed by atoms with Gasteiger partial charge in [-0.15, -0.1) is 12.4 Å². The molecule has 5 rings (SSSR count). The van der Waals surface area contributed by atoms with E-state index in [2.05, 4.69) is 77.7 Å². The van der Waals surface area contributed by atoms with Gasteiger partial charge in [-0.1, -0.05) is 78.9 Å². The lowest BCUT2D eigenvalue weighted by Gasteiger charge is -2.36. The van der Waals surface area contributed by atoms with Gasteiger partial charge in [0.2, 0.25) is 5.91 Å². The van der Waals surface area contributed by atoms with Gasteiger partial charge in [-0.3, -0.25) is 4.79 Å². The number of likely N-dealkylation sites (tertiary alicyclic amines) is 1. The third-order valence-electron chi connectivity index (χ3n) is 8.23. The molecule has 196 valence electrons. The number of carbonyl (C=O) groups excluding carboxylic acids is 1. The molecule has 4 nitrogen and oxygen atoms in total. The summed E-state index contributed by atoms with van der Waals surface area (Å²) in [4.78, 5) is 18.9. The van der Waals surface area contributed by atoms with Crippen LogP contribution >= 0.6 is 12.4 Å². The number of hydrogen-bond acceptors (Lipinski definition) is 3. The van der Waals surface area contributed by atoms with Gasteiger partial charge in [-0.05, 0) is 86.8 Å². The average molecular weight is 519 g/mol. The zero-order valence-corrected chi connectivity index (χ0v) is 22.4. The van der Waals surface area contributed by atoms with Crippen molar-refractivity contribution in [3.05, 3.63) is 102 Å². The Morgan fingerprint density at radius 3 is 2.14 bits per heavy atom. The number of anilines is 1. The van der Waals surface area contributed by atoms with Crippen molar-refractivity contribution in [2.75, 3.05) is 37.7 Å². The summed E-state index contributed by atoms with van der Waals surface area (Å²) in [5.74, 6) is 0.840. The fraction of sp³-hybridized carbons (Fsp3) is 0.406. The highest BCUT2D eigenvalue weighted by molar-refractivity contribution is 6.10. The van der Waals surface area contributed by atoms with Crippen LogP contribution in [-0.2, 0) is 10.2 Å². The molecule has 1 unspecified atom stereocenters. The molecule has 1 saturated heterocycles. The van der Waals surface area contributed by atoms with E-state index < -0.39 is 5.41 Å². The predicted octanol–water partition coefficient (Wildman–Crippen LogP) is 6.17. The Morgan fingerprint density at radius 1 is 0.784 bits per heavy atom. The highest BCUT2D eigenvalue weighted by Gasteiger charge is 2.51. The number of para-hydroxylation sites is 1. The first-order valence-corrected chi connectivity index (χ1v) is 13.6. The van der Waals surface area contributed by atoms with Gasteiger partial charge in [0.1, 0.15) is 5.41 Å². The molecule has 1 N–H and O–H groups in total. The third-order valence-corrected chi connectivity index (χ3v) is 8.23. The number of fused-ring (bicyclic) bond motifs is 1. The van der Waals surface area contributed by atoms with Crippen molar-refractivity contribution in [2.45, 2.75) is 49.9 Å². The van der Waals surface area contributed by atoms with E-state index in [0.717, 1.165) is 62.1 Å². The summed E-state index contributed by atoms with van der Waals surface area (Å²) in [7, 11) is 0. The first kappa shape index (κ1) is 27.4. The van der Waals surface area contributed by atoms with Crippen LogP contribution in [0.1, 0.15) is 61.1 Å². The summed E-state index contributed by atoms with van der Waals surface area (Å²) in [5.41, 5.74) is 4.10. The Labute approximate surface area is 227 Å². The zero-order valence-electron chi connectivity index (χ0n) is 21.6. The molecule has 2 heterocycles. The van der Waals surface area contributed by atoms with Gasteiger partial charge in [-0.2, -0.15) is 0 Å². The van der Waals surface area contributed by atoms with Crippen LogP contribution in [0.2, 0.25) is 0 Å². The number of nitrogens with zero attached hydrogens (tertiary/aromatic N) is 2. The molecule has 2 aliphatic rings. The van der Waals surface area contributed by atoms with E-state index >= 15 is 0 Å². The predicted molar refractivity (Wildman–Crippen MR) is 154 cm³/mol. The molecule has 0 aromatic heterocycles. The Morgan fingerprint density at radius 2 is 1.43 bits per heavy atom. The van der Waals surface area contributed by atoms with Crippen LogP contribution in [0.25, 0.3) is 0 Å². The Balaban J connectivity index is 0.00000320. The van der Waals surface area contributed by atoms with Crippen LogP contribution in [-0.4, -0.2) is 48.7 Å². The minimum absolute atomic E-state index is 0. The highest BCUT2D eigenvalue weighted by Crippen LogP contribution is 2.48. The normalized spacial score (nSPS) is 20.0. The molecule has 3 aromatic rings. The number of aliphatic hydroxyl groups excluding tert-OH is 1. The number of aliphatic hydroxyl groups is 1. The summed E-state index contributed by atoms with van der Waals surface area (Å²) in [6.07, 6.45) is 5.74. The second-order valence-electron chi connectivity index (χ2n) is 10.3. The van der Waals surface area contributed by atoms with Crippen molar-refractivity contribution >= 4 is 24.0 Å². The second kappa shape index (κ2) is 12.7. The summed E-state index contributed by atoms with van der Waals surface area (Å²) >= 11 is 0. The molecule has 2 aliphatic heterocycles. The quantitative estimate of drug-likeness (QED) is 0.326. The van der Waals surface area contributed by atoms with Gasteiger partial charge in [0.05, 0.1) is 0 Å². The molecule has 0 spiro atoms. The average Bonchev–Trinajstić information content (AvgIpc) is 3.19. The van der Waals surface area contributed by atoms with Gasteiger partial charge in [0.15, 0.2) is 0 Å². The second-order valence-corrected chi connectivity index (χ2v) is 10.3. The lowest BCUT2D eigenvalue weighted by atomic mass is 9.72. The maximum Gasteiger partial charge on any atom is 0.242 e. The third kappa shape index (κ3) is 5.62. The van der Waals surface area contributed by atoms with Crippen molar-refractivity contribution in [1.29, 1.82) is 0 Å². The first-order chi connectivity index (χ1) is 17.7. The molecule has 0 radical (unpaired) electrons. The van der Waals surface area contributed by atoms with E-state index in [1.54, 1.807) is 0 Å². The largest absolute Gasteiger partial charge is 0.396 e. The van der Waals surface area contributed by atoms with Crippen molar-refractivity contribution in [3.63, 3.8) is 0 Å². The van der Waals surface area contributed by atoms with Gasteiger partial charge < -0.3 is 14.9 Å². The van der Waals surface area contributed by atoms with E-state index in [9.17, 15) is 9.90 Å². The standard InChI is InChI=1S/C32H38N2O2.ClH/c35-25-11-3-10-21-34-30-17-9-8-16-29(30)32(31(34)36,28-14-6-2-7-15-28)20-24-33-22-18-27(19-23-33)26-12-4-1-5-13-26;/h1-2,4-9,12-17,27,35H,3,10-11,18-25H2;1H. The summed E-state index contributed by atoms with van der Waals surface area (Å²) in [6.45, 7) is 3.97. The maximum atomic E-state index is 14.3. The van der Waals surface area contributed by atoms with Crippen LogP contribution in [0.5, 0.6) is 0 Å². The van der Waals surface area contributed by atoms with Crippen LogP contribution in [0.15, 0.2) is 84.9 Å². The smallest absolute Gasteiger partial charge is 0.242 e. The lowest BCUT2D eigenvalue weighted by Crippen LogP contribution is -2.45. The first-order valence-electron chi connectivity index (χ1n) is 13.6. The van der Waals surface area contributed by atoms with E-state index in [-0.39, 0.29) is 24.9 Å². The van der Waals surface area contributed by atoms with Crippen LogP contribution in [0.4, 0.5) is 5.69 Å². The number of carbonyl (C=O) groups is 1. The zero-order chi connectivity index (χ0) is 24.8. The molecule has 1 amide bonds. The van der Waals surface area contributed by atoms with E-state index in [0.29, 0.717) is 12.5 Å². The molecule has 3 aromatic carbocycles. The maximum absolute atomic E-state index is 14.3. The number of piperidine rings is 1. The summed E-state index contributed by atoms with van der Waals surface area (Å²) in [5, 5.41) is 9.19. The SMILES string of the molecule is Cl.O=C1N(CCCCCO)c2ccccc2C1(CCN1CCC(c2ccccc2)CC1)c1ccccc1. The molecule has 0 aliphatic carbocycles. The van der Waals surface area contributed by atoms with Crippen LogP contribution < -0.4 is 4.90 Å². The van der Waals surface area contributed by atoms with Gasteiger partial charge in [-0.25, -0.2) is 0 Å². The van der Waals surface area contributed by atoms with Gasteiger partial charge in [0, 0.05) is 18.8 Å². The molecule has 0 saturated carbocycles. The molecular weight excluding hydrogens is 480 g/mol. The van der Waals surface area contributed by atoms with E-state index in [1.807, 2.05) is 17.0 Å². The number of halogens is 1. The summed E-state index contributed by atoms with van der Waals surface area (Å²) < 4.78 is 0. The fourth-order valence-electron chi connectivity index (χ4n) is 6.23. The van der Waals surface area contributed by atoms with Gasteiger partial charge >= 0.3 is 0 Å². The number of hydrogen-bond donors (Lipinski definition) is 1. The molecule has 37 heavy (non-hydrogen) atoms. The summed E-state index contributed by atoms with van der Waals surface area (Å²) in [6, 6.07) is 29.7. The van der Waals surface area contributed by atoms with E-state index in [1.165, 1.54) is 18.4 Å². The minimum atomic E-state index is -0.648. The van der Waals surface area contributed by atoms with Gasteiger partial charge in [0.25, 0.3) is 0 Å². The van der Waals surface area contributed by atoms with E-state index in [4.69, 9.17) is 0 Å². The molecule has 0 bridgehead atoms. The van der Waals surface area contributed by atoms with Crippen LogP contribution in [0.3, 0.4) is 0 Å². The highest BCUT2D eigenvalue weighted by atomic mass is 35.5. The minimum Gasteiger partial charge on any atom is -0.396 e. The Bertz CT molecular complexity index is 1130. The van der Waals surface area contributed by atoms with Crippen molar-refractivity contribution < 1.29 is 9.90 Å². The Hall–Kier alpha value is -2.66.